The van der Waals surface area contributed by atoms with Gasteiger partial charge in [-0.1, -0.05) is 23.9 Å². The van der Waals surface area contributed by atoms with E-state index < -0.39 is 0 Å². The molecule has 8 heteroatoms. The fourth-order valence-electron chi connectivity index (χ4n) is 1.64. The number of carbonyl (C=O) groups excluding carboxylic acids is 1. The number of carbonyl (C=O) groups is 1. The molecule has 0 saturated carbocycles. The van der Waals surface area contributed by atoms with Gasteiger partial charge in [0.2, 0.25) is 0 Å². The molecule has 1 N–H and O–H groups in total. The molecule has 0 atom stereocenters. The molecule has 0 aliphatic heterocycles. The number of amides is 1. The maximum atomic E-state index is 11.8. The van der Waals surface area contributed by atoms with Crippen molar-refractivity contribution in [1.29, 1.82) is 0 Å². The van der Waals surface area contributed by atoms with Crippen LogP contribution in [0, 0.1) is 0 Å². The Morgan fingerprint density at radius 1 is 1.32 bits per heavy atom. The minimum atomic E-state index is -0.142. The number of hydrazone groups is 1. The second kappa shape index (κ2) is 7.36. The molecule has 0 bridgehead atoms. The van der Waals surface area contributed by atoms with Crippen molar-refractivity contribution in [3.8, 4) is 0 Å². The van der Waals surface area contributed by atoms with Crippen LogP contribution in [0.1, 0.15) is 4.88 Å². The lowest BCUT2D eigenvalue weighted by Gasteiger charge is -1.96. The van der Waals surface area contributed by atoms with Crippen molar-refractivity contribution in [2.75, 3.05) is 5.75 Å². The Hall–Kier alpha value is -1.22. The zero-order valence-corrected chi connectivity index (χ0v) is 15.2. The summed E-state index contributed by atoms with van der Waals surface area (Å²) in [6.45, 7) is 0. The number of fused-ring (bicyclic) bond motifs is 1. The van der Waals surface area contributed by atoms with E-state index in [2.05, 4.69) is 31.4 Å². The van der Waals surface area contributed by atoms with Gasteiger partial charge in [-0.15, -0.1) is 22.7 Å². The summed E-state index contributed by atoms with van der Waals surface area (Å²) < 4.78 is 3.06. The highest BCUT2D eigenvalue weighted by atomic mass is 79.9. The number of para-hydroxylation sites is 1. The molecule has 0 spiro atoms. The third-order valence-electron chi connectivity index (χ3n) is 2.58. The molecule has 0 saturated heterocycles. The van der Waals surface area contributed by atoms with Crippen molar-refractivity contribution in [3.05, 3.63) is 45.1 Å². The van der Waals surface area contributed by atoms with Gasteiger partial charge in [0.25, 0.3) is 5.91 Å². The van der Waals surface area contributed by atoms with Gasteiger partial charge in [-0.05, 0) is 40.2 Å². The average Bonchev–Trinajstić information content (AvgIpc) is 3.11. The van der Waals surface area contributed by atoms with Gasteiger partial charge in [-0.25, -0.2) is 10.4 Å². The highest BCUT2D eigenvalue weighted by Crippen LogP contribution is 2.29. The number of hydrogen-bond acceptors (Lipinski definition) is 6. The molecule has 22 heavy (non-hydrogen) atoms. The first-order valence-corrected chi connectivity index (χ1v) is 9.67. The Morgan fingerprint density at radius 3 is 2.95 bits per heavy atom. The molecule has 1 amide bonds. The van der Waals surface area contributed by atoms with E-state index >= 15 is 0 Å². The van der Waals surface area contributed by atoms with Crippen LogP contribution in [0.2, 0.25) is 0 Å². The maximum absolute atomic E-state index is 11.8. The Morgan fingerprint density at radius 2 is 2.18 bits per heavy atom. The third-order valence-corrected chi connectivity index (χ3v) is 6.31. The van der Waals surface area contributed by atoms with Gasteiger partial charge in [0.05, 0.1) is 26.0 Å². The van der Waals surface area contributed by atoms with Gasteiger partial charge in [0.15, 0.2) is 4.34 Å². The first-order chi connectivity index (χ1) is 10.7. The molecule has 0 aliphatic rings. The number of nitrogens with one attached hydrogen (secondary N) is 1. The Balaban J connectivity index is 1.50. The van der Waals surface area contributed by atoms with Crippen LogP contribution in [-0.4, -0.2) is 22.9 Å². The zero-order chi connectivity index (χ0) is 15.4. The van der Waals surface area contributed by atoms with E-state index in [9.17, 15) is 4.79 Å². The standard InChI is InChI=1S/C14H10BrN3OS3/c15-12-6-5-9(21-12)7-16-18-13(19)8-20-14-17-10-3-1-2-4-11(10)22-14/h1-7H,8H2,(H,18,19). The average molecular weight is 412 g/mol. The quantitative estimate of drug-likeness (QED) is 0.385. The predicted molar refractivity (Wildman–Crippen MR) is 98.1 cm³/mol. The highest BCUT2D eigenvalue weighted by Gasteiger charge is 2.06. The van der Waals surface area contributed by atoms with Gasteiger partial charge in [-0.2, -0.15) is 5.10 Å². The minimum Gasteiger partial charge on any atom is -0.272 e. The fraction of sp³-hybridized carbons (Fsp3) is 0.0714. The largest absolute Gasteiger partial charge is 0.272 e. The molecule has 0 fully saturated rings. The lowest BCUT2D eigenvalue weighted by molar-refractivity contribution is -0.118. The van der Waals surface area contributed by atoms with Crippen molar-refractivity contribution in [2.45, 2.75) is 4.34 Å². The Bertz CT molecular complexity index is 794. The Kier molecular flexibility index (Phi) is 5.24. The number of thioether (sulfide) groups is 1. The number of rotatable bonds is 5. The molecule has 4 nitrogen and oxygen atoms in total. The van der Waals surface area contributed by atoms with Crippen LogP contribution in [0.3, 0.4) is 0 Å². The normalized spacial score (nSPS) is 11.3. The number of aromatic nitrogens is 1. The molecule has 3 aromatic rings. The molecule has 0 unspecified atom stereocenters. The number of hydrogen-bond donors (Lipinski definition) is 1. The molecule has 2 aromatic heterocycles. The van der Waals surface area contributed by atoms with Gasteiger partial charge in [0.1, 0.15) is 0 Å². The summed E-state index contributed by atoms with van der Waals surface area (Å²) in [5.74, 6) is 0.154. The van der Waals surface area contributed by atoms with Crippen molar-refractivity contribution >= 4 is 72.7 Å². The van der Waals surface area contributed by atoms with Gasteiger partial charge >= 0.3 is 0 Å². The smallest absolute Gasteiger partial charge is 0.250 e. The number of halogens is 1. The summed E-state index contributed by atoms with van der Waals surface area (Å²) in [6.07, 6.45) is 1.63. The summed E-state index contributed by atoms with van der Waals surface area (Å²) in [7, 11) is 0. The van der Waals surface area contributed by atoms with Crippen LogP contribution in [-0.2, 0) is 4.79 Å². The maximum Gasteiger partial charge on any atom is 0.250 e. The van der Waals surface area contributed by atoms with E-state index in [4.69, 9.17) is 0 Å². The molecule has 2 heterocycles. The number of nitrogens with zero attached hydrogens (tertiary/aromatic N) is 2. The van der Waals surface area contributed by atoms with E-state index in [0.717, 1.165) is 23.2 Å². The van der Waals surface area contributed by atoms with Crippen LogP contribution < -0.4 is 5.43 Å². The predicted octanol–water partition coefficient (Wildman–Crippen LogP) is 4.36. The molecular weight excluding hydrogens is 402 g/mol. The Labute approximate surface area is 147 Å². The van der Waals surface area contributed by atoms with Crippen LogP contribution in [0.15, 0.2) is 49.6 Å². The van der Waals surface area contributed by atoms with Gasteiger partial charge in [0, 0.05) is 4.88 Å². The van der Waals surface area contributed by atoms with E-state index in [1.54, 1.807) is 28.9 Å². The summed E-state index contributed by atoms with van der Waals surface area (Å²) in [4.78, 5) is 17.2. The van der Waals surface area contributed by atoms with Crippen molar-refractivity contribution in [1.82, 2.24) is 10.4 Å². The van der Waals surface area contributed by atoms with E-state index in [-0.39, 0.29) is 5.91 Å². The van der Waals surface area contributed by atoms with Crippen LogP contribution in [0.4, 0.5) is 0 Å². The molecular formula is C14H10BrN3OS3. The lowest BCUT2D eigenvalue weighted by atomic mass is 10.3. The molecule has 3 rings (SSSR count). The topological polar surface area (TPSA) is 54.4 Å². The van der Waals surface area contributed by atoms with Crippen LogP contribution >= 0.6 is 50.4 Å². The number of thiazole rings is 1. The monoisotopic (exact) mass is 411 g/mol. The molecule has 112 valence electrons. The van der Waals surface area contributed by atoms with Crippen LogP contribution in [0.5, 0.6) is 0 Å². The number of thiophene rings is 1. The fourth-order valence-corrected chi connectivity index (χ4v) is 4.79. The summed E-state index contributed by atoms with van der Waals surface area (Å²) in [5, 5.41) is 3.94. The number of benzene rings is 1. The van der Waals surface area contributed by atoms with E-state index in [1.165, 1.54) is 11.8 Å². The molecule has 0 radical (unpaired) electrons. The second-order valence-corrected chi connectivity index (χ2v) is 8.92. The first-order valence-electron chi connectivity index (χ1n) is 6.26. The van der Waals surface area contributed by atoms with E-state index in [0.29, 0.717) is 5.75 Å². The van der Waals surface area contributed by atoms with E-state index in [1.807, 2.05) is 36.4 Å². The van der Waals surface area contributed by atoms with Gasteiger partial charge in [-0.3, -0.25) is 4.79 Å². The minimum absolute atomic E-state index is 0.142. The summed E-state index contributed by atoms with van der Waals surface area (Å²) >= 11 is 7.95. The highest BCUT2D eigenvalue weighted by molar-refractivity contribution is 9.11. The van der Waals surface area contributed by atoms with Gasteiger partial charge < -0.3 is 0 Å². The van der Waals surface area contributed by atoms with Crippen molar-refractivity contribution in [2.24, 2.45) is 5.10 Å². The van der Waals surface area contributed by atoms with Crippen molar-refractivity contribution < 1.29 is 4.79 Å². The molecule has 0 aliphatic carbocycles. The zero-order valence-electron chi connectivity index (χ0n) is 11.2. The summed E-state index contributed by atoms with van der Waals surface area (Å²) in [6, 6.07) is 11.8. The molecule has 1 aromatic carbocycles. The summed E-state index contributed by atoms with van der Waals surface area (Å²) in [5.41, 5.74) is 3.49. The third kappa shape index (κ3) is 4.16. The van der Waals surface area contributed by atoms with Crippen LogP contribution in [0.25, 0.3) is 10.2 Å². The van der Waals surface area contributed by atoms with Crippen molar-refractivity contribution in [3.63, 3.8) is 0 Å². The SMILES string of the molecule is O=C(CSc1nc2ccccc2s1)NN=Cc1ccc(Br)s1. The first kappa shape index (κ1) is 15.7. The lowest BCUT2D eigenvalue weighted by Crippen LogP contribution is -2.19. The second-order valence-electron chi connectivity index (χ2n) is 4.17.